The van der Waals surface area contributed by atoms with E-state index in [0.29, 0.717) is 31.9 Å². The Hall–Kier alpha value is -4.22. The number of rotatable bonds is 4. The van der Waals surface area contributed by atoms with E-state index in [-0.39, 0.29) is 22.2 Å². The zero-order valence-corrected chi connectivity index (χ0v) is 21.0. The van der Waals surface area contributed by atoms with Crippen LogP contribution in [0.4, 0.5) is 0 Å². The van der Waals surface area contributed by atoms with Gasteiger partial charge in [-0.3, -0.25) is 9.59 Å². The van der Waals surface area contributed by atoms with Crippen molar-refractivity contribution < 1.29 is 0 Å². The molecule has 5 aromatic rings. The lowest BCUT2D eigenvalue weighted by Crippen LogP contribution is -2.29. The average Bonchev–Trinajstić information content (AvgIpc) is 2.90. The van der Waals surface area contributed by atoms with Crippen LogP contribution in [-0.4, -0.2) is 20.7 Å². The number of halogens is 3. The fourth-order valence-electron chi connectivity index (χ4n) is 3.79. The summed E-state index contributed by atoms with van der Waals surface area (Å²) in [6.07, 6.45) is 1.44. The minimum Gasteiger partial charge on any atom is -0.266 e. The lowest BCUT2D eigenvalue weighted by atomic mass is 10.1. The molecule has 0 N–H and O–H groups in total. The summed E-state index contributed by atoms with van der Waals surface area (Å²) in [4.78, 5) is 27.0. The van der Waals surface area contributed by atoms with Crippen LogP contribution in [0.25, 0.3) is 27.8 Å². The van der Waals surface area contributed by atoms with E-state index in [2.05, 4.69) is 10.2 Å². The van der Waals surface area contributed by atoms with Gasteiger partial charge in [0, 0.05) is 31.6 Å². The van der Waals surface area contributed by atoms with Gasteiger partial charge in [-0.15, -0.1) is 0 Å². The van der Waals surface area contributed by atoms with E-state index in [4.69, 9.17) is 34.8 Å². The Bertz CT molecular complexity index is 1870. The number of hydrogen-bond acceptors (Lipinski definition) is 5. The molecule has 37 heavy (non-hydrogen) atoms. The molecule has 0 spiro atoms. The molecule has 3 aromatic carbocycles. The molecule has 0 saturated carbocycles. The van der Waals surface area contributed by atoms with E-state index in [1.807, 2.05) is 6.07 Å². The second-order valence-corrected chi connectivity index (χ2v) is 9.09. The number of hydrogen-bond donors (Lipinski definition) is 0. The highest BCUT2D eigenvalue weighted by Crippen LogP contribution is 2.29. The van der Waals surface area contributed by atoms with Crippen molar-refractivity contribution in [3.63, 3.8) is 0 Å². The number of nitrogens with zero attached hydrogens (tertiary/aromatic N) is 5. The molecule has 0 amide bonds. The van der Waals surface area contributed by atoms with Gasteiger partial charge in [0.15, 0.2) is 5.52 Å². The molecular formula is C27H14Cl3N5O2. The van der Waals surface area contributed by atoms with Crippen molar-refractivity contribution in [2.45, 2.75) is 0 Å². The van der Waals surface area contributed by atoms with Gasteiger partial charge in [-0.1, -0.05) is 71.2 Å². The molecule has 0 aliphatic heterocycles. The fourth-order valence-corrected chi connectivity index (χ4v) is 4.33. The highest BCUT2D eigenvalue weighted by atomic mass is 35.5. The first kappa shape index (κ1) is 24.5. The van der Waals surface area contributed by atoms with Gasteiger partial charge in [-0.05, 0) is 42.5 Å². The van der Waals surface area contributed by atoms with E-state index in [0.717, 1.165) is 9.36 Å². The van der Waals surface area contributed by atoms with Crippen LogP contribution in [0.1, 0.15) is 11.1 Å². The minimum atomic E-state index is -0.681. The van der Waals surface area contributed by atoms with E-state index in [1.54, 1.807) is 72.8 Å². The van der Waals surface area contributed by atoms with Crippen LogP contribution in [0, 0.1) is 11.3 Å². The molecule has 0 fully saturated rings. The number of aromatic nitrogens is 3. The second kappa shape index (κ2) is 10.0. The third-order valence-corrected chi connectivity index (χ3v) is 6.51. The molecule has 180 valence electrons. The molecule has 0 saturated heterocycles. The van der Waals surface area contributed by atoms with Crippen LogP contribution in [0.3, 0.4) is 0 Å². The van der Waals surface area contributed by atoms with E-state index in [9.17, 15) is 14.9 Å². The molecule has 0 bridgehead atoms. The van der Waals surface area contributed by atoms with Crippen LogP contribution < -0.4 is 11.1 Å². The van der Waals surface area contributed by atoms with Crippen molar-refractivity contribution in [2.24, 2.45) is 5.10 Å². The molecule has 2 heterocycles. The summed E-state index contributed by atoms with van der Waals surface area (Å²) in [7, 11) is 0. The van der Waals surface area contributed by atoms with Crippen LogP contribution in [-0.2, 0) is 0 Å². The highest BCUT2D eigenvalue weighted by molar-refractivity contribution is 6.33. The predicted molar refractivity (Wildman–Crippen MR) is 146 cm³/mol. The van der Waals surface area contributed by atoms with E-state index < -0.39 is 11.1 Å². The summed E-state index contributed by atoms with van der Waals surface area (Å²) in [5.41, 5.74) is -0.0370. The molecule has 0 atom stereocenters. The smallest absolute Gasteiger partial charge is 0.266 e. The Kier molecular flexibility index (Phi) is 6.64. The monoisotopic (exact) mass is 545 g/mol. The molecule has 0 aliphatic carbocycles. The lowest BCUT2D eigenvalue weighted by molar-refractivity contribution is 0.802. The number of pyridine rings is 1. The standard InChI is InChI=1S/C27H14Cl3N5O2/c28-17-9-11-18(12-10-17)34-26(36)21(14-31)20-13-24(19-6-2-4-8-23(19)30)35(27(37)25(20)33-34)32-15-16-5-1-3-7-22(16)29/h1-13,15H/b32-15-. The maximum atomic E-state index is 13.8. The van der Waals surface area contributed by atoms with E-state index in [1.165, 1.54) is 12.3 Å². The first-order valence-corrected chi connectivity index (χ1v) is 12.0. The number of nitriles is 1. The van der Waals surface area contributed by atoms with Gasteiger partial charge in [-0.25, -0.2) is 0 Å². The van der Waals surface area contributed by atoms with Crippen molar-refractivity contribution in [1.82, 2.24) is 14.5 Å². The Morgan fingerprint density at radius 1 is 0.865 bits per heavy atom. The summed E-state index contributed by atoms with van der Waals surface area (Å²) in [5, 5.41) is 20.0. The van der Waals surface area contributed by atoms with E-state index >= 15 is 0 Å². The molecule has 2 aromatic heterocycles. The van der Waals surface area contributed by atoms with Crippen LogP contribution in [0.5, 0.6) is 0 Å². The minimum absolute atomic E-state index is 0.0850. The Morgan fingerprint density at radius 3 is 2.22 bits per heavy atom. The van der Waals surface area contributed by atoms with Gasteiger partial charge in [0.05, 0.1) is 17.6 Å². The van der Waals surface area contributed by atoms with Crippen molar-refractivity contribution in [2.75, 3.05) is 0 Å². The first-order chi connectivity index (χ1) is 17.9. The molecule has 0 radical (unpaired) electrons. The normalized spacial score (nSPS) is 11.2. The Balaban J connectivity index is 1.87. The van der Waals surface area contributed by atoms with Crippen molar-refractivity contribution >= 4 is 51.9 Å². The number of fused-ring (bicyclic) bond motifs is 1. The summed E-state index contributed by atoms with van der Waals surface area (Å²) >= 11 is 18.7. The summed E-state index contributed by atoms with van der Waals surface area (Å²) in [5.74, 6) is 0. The topological polar surface area (TPSA) is 93.0 Å². The lowest BCUT2D eigenvalue weighted by Gasteiger charge is -2.13. The predicted octanol–water partition coefficient (Wildman–Crippen LogP) is 5.93. The summed E-state index contributed by atoms with van der Waals surface area (Å²) in [6.45, 7) is 0. The molecule has 5 rings (SSSR count). The van der Waals surface area contributed by atoms with Crippen molar-refractivity contribution in [3.05, 3.63) is 126 Å². The average molecular weight is 547 g/mol. The van der Waals surface area contributed by atoms with Gasteiger partial charge in [0.25, 0.3) is 11.1 Å². The highest BCUT2D eigenvalue weighted by Gasteiger charge is 2.20. The second-order valence-electron chi connectivity index (χ2n) is 7.83. The fraction of sp³-hybridized carbons (Fsp3) is 0. The maximum Gasteiger partial charge on any atom is 0.299 e. The molecule has 7 nitrogen and oxygen atoms in total. The van der Waals surface area contributed by atoms with Gasteiger partial charge in [0.2, 0.25) is 0 Å². The first-order valence-electron chi connectivity index (χ1n) is 10.8. The third kappa shape index (κ3) is 4.54. The molecule has 0 aliphatic rings. The zero-order valence-electron chi connectivity index (χ0n) is 18.8. The zero-order chi connectivity index (χ0) is 26.1. The van der Waals surface area contributed by atoms with Crippen LogP contribution in [0.15, 0.2) is 93.6 Å². The molecule has 10 heteroatoms. The van der Waals surface area contributed by atoms with Gasteiger partial charge in [0.1, 0.15) is 11.6 Å². The SMILES string of the molecule is N#Cc1c(=O)n(-c2ccc(Cl)cc2)nc2c(=O)n(/N=C\c3ccccc3Cl)c(-c3ccccc3Cl)cc12. The van der Waals surface area contributed by atoms with Gasteiger partial charge >= 0.3 is 0 Å². The van der Waals surface area contributed by atoms with Crippen molar-refractivity contribution in [1.29, 1.82) is 5.26 Å². The van der Waals surface area contributed by atoms with Gasteiger partial charge < -0.3 is 0 Å². The summed E-state index contributed by atoms with van der Waals surface area (Å²) in [6, 6.07) is 23.6. The largest absolute Gasteiger partial charge is 0.299 e. The third-order valence-electron chi connectivity index (χ3n) is 5.59. The van der Waals surface area contributed by atoms with Crippen LogP contribution >= 0.6 is 34.8 Å². The van der Waals surface area contributed by atoms with Gasteiger partial charge in [-0.2, -0.15) is 24.8 Å². The summed E-state index contributed by atoms with van der Waals surface area (Å²) < 4.78 is 2.12. The Labute approximate surface area is 225 Å². The van der Waals surface area contributed by atoms with Crippen LogP contribution in [0.2, 0.25) is 15.1 Å². The quantitative estimate of drug-likeness (QED) is 0.261. The Morgan fingerprint density at radius 2 is 1.54 bits per heavy atom. The molecular weight excluding hydrogens is 533 g/mol. The molecule has 0 unspecified atom stereocenters. The maximum absolute atomic E-state index is 13.8. The number of benzene rings is 3. The van der Waals surface area contributed by atoms with Crippen molar-refractivity contribution in [3.8, 4) is 23.0 Å².